The Morgan fingerprint density at radius 2 is 2.04 bits per heavy atom. The highest BCUT2D eigenvalue weighted by Crippen LogP contribution is 2.41. The third kappa shape index (κ3) is 4.33. The van der Waals surface area contributed by atoms with Crippen molar-refractivity contribution in [3.05, 3.63) is 62.6 Å². The molecule has 5 heteroatoms. The van der Waals surface area contributed by atoms with Crippen LogP contribution in [0.4, 0.5) is 5.69 Å². The smallest absolute Gasteiger partial charge is 0.277 e. The number of benzene rings is 2. The predicted octanol–water partition coefficient (Wildman–Crippen LogP) is 6.79. The molecule has 0 bridgehead atoms. The van der Waals surface area contributed by atoms with Crippen LogP contribution in [-0.4, -0.2) is 18.2 Å². The molecule has 2 heterocycles. The van der Waals surface area contributed by atoms with Gasteiger partial charge in [-0.05, 0) is 60.9 Å². The van der Waals surface area contributed by atoms with Crippen molar-refractivity contribution < 1.29 is 4.79 Å². The van der Waals surface area contributed by atoms with E-state index >= 15 is 0 Å². The van der Waals surface area contributed by atoms with E-state index in [-0.39, 0.29) is 5.91 Å². The number of unbranched alkanes of at least 4 members (excludes halogenated alkanes) is 2. The molecule has 0 spiro atoms. The Hall–Kier alpha value is -1.65. The maximum Gasteiger partial charge on any atom is 0.277 e. The fourth-order valence-electron chi connectivity index (χ4n) is 4.32. The van der Waals surface area contributed by atoms with Gasteiger partial charge >= 0.3 is 0 Å². The number of rotatable bonds is 6. The first-order chi connectivity index (χ1) is 13.6. The van der Waals surface area contributed by atoms with E-state index in [0.717, 1.165) is 70.7 Å². The van der Waals surface area contributed by atoms with Crippen molar-refractivity contribution in [3.8, 4) is 0 Å². The van der Waals surface area contributed by atoms with Gasteiger partial charge in [-0.3, -0.25) is 4.79 Å². The van der Waals surface area contributed by atoms with Crippen molar-refractivity contribution >= 4 is 44.8 Å². The van der Waals surface area contributed by atoms with E-state index in [9.17, 15) is 4.79 Å². The summed E-state index contributed by atoms with van der Waals surface area (Å²) < 4.78 is 1.05. The minimum absolute atomic E-state index is 0.0781. The molecule has 2 aliphatic heterocycles. The van der Waals surface area contributed by atoms with Crippen molar-refractivity contribution in [2.45, 2.75) is 50.9 Å². The Morgan fingerprint density at radius 3 is 2.93 bits per heavy atom. The molecular formula is C23H24BrClN2O. The van der Waals surface area contributed by atoms with Crippen LogP contribution in [0.5, 0.6) is 0 Å². The number of nitrogens with one attached hydrogen (secondary N) is 1. The average Bonchev–Trinajstić information content (AvgIpc) is 2.68. The highest BCUT2D eigenvalue weighted by Gasteiger charge is 2.22. The maximum absolute atomic E-state index is 12.2. The van der Waals surface area contributed by atoms with Crippen LogP contribution in [0, 0.1) is 0 Å². The molecule has 2 aromatic rings. The summed E-state index contributed by atoms with van der Waals surface area (Å²) in [5, 5.41) is 4.24. The summed E-state index contributed by atoms with van der Waals surface area (Å²) in [5.41, 5.74) is 5.36. The number of carbonyl (C=O) groups excluding carboxylic acids is 1. The maximum atomic E-state index is 12.2. The van der Waals surface area contributed by atoms with Gasteiger partial charge in [-0.2, -0.15) is 0 Å². The Labute approximate surface area is 179 Å². The summed E-state index contributed by atoms with van der Waals surface area (Å²) in [6.07, 6.45) is 7.50. The molecule has 4 rings (SSSR count). The lowest BCUT2D eigenvalue weighted by atomic mass is 9.86. The van der Waals surface area contributed by atoms with Crippen LogP contribution in [-0.2, 0) is 6.42 Å². The fourth-order valence-corrected chi connectivity index (χ4v) is 5.22. The predicted molar refractivity (Wildman–Crippen MR) is 120 cm³/mol. The monoisotopic (exact) mass is 458 g/mol. The second-order valence-corrected chi connectivity index (χ2v) is 9.00. The van der Waals surface area contributed by atoms with E-state index in [4.69, 9.17) is 11.6 Å². The van der Waals surface area contributed by atoms with Crippen molar-refractivity contribution in [2.75, 3.05) is 11.9 Å². The minimum Gasteiger partial charge on any atom is -0.384 e. The number of anilines is 1. The molecule has 3 nitrogen and oxygen atoms in total. The molecule has 0 aliphatic carbocycles. The zero-order chi connectivity index (χ0) is 19.5. The first kappa shape index (κ1) is 19.7. The Kier molecular flexibility index (Phi) is 6.17. The molecule has 0 unspecified atom stereocenters. The van der Waals surface area contributed by atoms with Gasteiger partial charge in [0.25, 0.3) is 5.91 Å². The third-order valence-electron chi connectivity index (χ3n) is 5.74. The van der Waals surface area contributed by atoms with E-state index in [0.29, 0.717) is 5.92 Å². The molecule has 2 aromatic carbocycles. The summed E-state index contributed by atoms with van der Waals surface area (Å²) >= 11 is 9.97. The molecule has 2 aliphatic rings. The summed E-state index contributed by atoms with van der Waals surface area (Å²) in [7, 11) is 0. The van der Waals surface area contributed by atoms with Crippen LogP contribution in [0.15, 0.2) is 45.9 Å². The molecule has 0 fully saturated rings. The largest absolute Gasteiger partial charge is 0.384 e. The molecule has 1 N–H and O–H groups in total. The van der Waals surface area contributed by atoms with Crippen LogP contribution in [0.1, 0.15) is 65.9 Å². The van der Waals surface area contributed by atoms with Gasteiger partial charge in [0.15, 0.2) is 0 Å². The van der Waals surface area contributed by atoms with Crippen LogP contribution in [0.2, 0.25) is 5.02 Å². The van der Waals surface area contributed by atoms with E-state index in [2.05, 4.69) is 32.3 Å². The Balaban J connectivity index is 1.27. The fraction of sp³-hybridized carbons (Fsp3) is 0.391. The third-order valence-corrected chi connectivity index (χ3v) is 6.50. The minimum atomic E-state index is -0.0781. The first-order valence-electron chi connectivity index (χ1n) is 10.0. The highest BCUT2D eigenvalue weighted by atomic mass is 79.9. The molecule has 1 amide bonds. The zero-order valence-electron chi connectivity index (χ0n) is 15.8. The number of aliphatic imine (C=N–C) groups is 1. The molecule has 0 aromatic heterocycles. The van der Waals surface area contributed by atoms with Gasteiger partial charge in [0.1, 0.15) is 0 Å². The Bertz CT molecular complexity index is 925. The number of halogens is 2. The summed E-state index contributed by atoms with van der Waals surface area (Å²) in [5.74, 6) is 0.484. The second-order valence-electron chi connectivity index (χ2n) is 7.68. The summed E-state index contributed by atoms with van der Waals surface area (Å²) in [6.45, 7) is 0.983. The van der Waals surface area contributed by atoms with Crippen LogP contribution in [0.3, 0.4) is 0 Å². The van der Waals surface area contributed by atoms with Gasteiger partial charge in [0.2, 0.25) is 0 Å². The van der Waals surface area contributed by atoms with Gasteiger partial charge < -0.3 is 5.32 Å². The molecule has 0 radical (unpaired) electrons. The van der Waals surface area contributed by atoms with Gasteiger partial charge in [-0.15, -0.1) is 0 Å². The van der Waals surface area contributed by atoms with Crippen molar-refractivity contribution in [1.29, 1.82) is 0 Å². The van der Waals surface area contributed by atoms with Crippen LogP contribution < -0.4 is 5.32 Å². The van der Waals surface area contributed by atoms with E-state index in [1.165, 1.54) is 18.4 Å². The number of fused-ring (bicyclic) bond motifs is 2. The Morgan fingerprint density at radius 1 is 1.18 bits per heavy atom. The molecule has 146 valence electrons. The molecule has 0 saturated heterocycles. The average molecular weight is 460 g/mol. The lowest BCUT2D eigenvalue weighted by molar-refractivity contribution is 0.1000. The van der Waals surface area contributed by atoms with Crippen LogP contribution in [0.25, 0.3) is 0 Å². The van der Waals surface area contributed by atoms with E-state index in [1.54, 1.807) is 0 Å². The van der Waals surface area contributed by atoms with Crippen molar-refractivity contribution in [1.82, 2.24) is 0 Å². The number of nitrogens with zero attached hydrogens (tertiary/aromatic N) is 1. The number of amides is 1. The standard InChI is InChI=1S/C23H24BrClN2O/c24-17-13-20-15(10-11-26-22(20)21(25)14-17)6-2-1-3-8-18-12-16-7-4-5-9-19(16)23(28)27-18/h4-5,7,9,13-15,26H,1-3,6,8,10-12H2/t15-/m0/s1. The zero-order valence-corrected chi connectivity index (χ0v) is 18.2. The number of hydrogen-bond acceptors (Lipinski definition) is 2. The first-order valence-corrected chi connectivity index (χ1v) is 11.2. The normalized spacial score (nSPS) is 18.1. The SMILES string of the molecule is O=C1N=C(CCCCC[C@H]2CCNc3c(Cl)cc(Br)cc32)Cc2ccccc21. The lowest BCUT2D eigenvalue weighted by Crippen LogP contribution is -2.17. The van der Waals surface area contributed by atoms with Gasteiger partial charge in [0, 0.05) is 28.7 Å². The topological polar surface area (TPSA) is 41.5 Å². The second kappa shape index (κ2) is 8.79. The molecule has 0 saturated carbocycles. The number of hydrogen-bond donors (Lipinski definition) is 1. The van der Waals surface area contributed by atoms with Crippen molar-refractivity contribution in [2.24, 2.45) is 4.99 Å². The number of carbonyl (C=O) groups is 1. The molecule has 1 atom stereocenters. The summed E-state index contributed by atoms with van der Waals surface area (Å²) in [6, 6.07) is 12.0. The lowest BCUT2D eigenvalue weighted by Gasteiger charge is -2.28. The molecule has 28 heavy (non-hydrogen) atoms. The van der Waals surface area contributed by atoms with Gasteiger partial charge in [-0.25, -0.2) is 4.99 Å². The van der Waals surface area contributed by atoms with Gasteiger partial charge in [-0.1, -0.05) is 58.6 Å². The van der Waals surface area contributed by atoms with Crippen molar-refractivity contribution in [3.63, 3.8) is 0 Å². The highest BCUT2D eigenvalue weighted by molar-refractivity contribution is 9.10. The van der Waals surface area contributed by atoms with E-state index in [1.807, 2.05) is 30.3 Å². The van der Waals surface area contributed by atoms with Crippen LogP contribution >= 0.6 is 27.5 Å². The summed E-state index contributed by atoms with van der Waals surface area (Å²) in [4.78, 5) is 16.5. The molecular weight excluding hydrogens is 436 g/mol. The van der Waals surface area contributed by atoms with E-state index < -0.39 is 0 Å². The quantitative estimate of drug-likeness (QED) is 0.483. The van der Waals surface area contributed by atoms with Gasteiger partial charge in [0.05, 0.1) is 10.7 Å².